The summed E-state index contributed by atoms with van der Waals surface area (Å²) in [6.07, 6.45) is 1.09. The fourth-order valence-corrected chi connectivity index (χ4v) is 0.876. The maximum atomic E-state index is 9.81. The summed E-state index contributed by atoms with van der Waals surface area (Å²) < 4.78 is 1.91. The molecule has 2 nitrogen and oxygen atoms in total. The van der Waals surface area contributed by atoms with E-state index in [0.717, 1.165) is 18.6 Å². The van der Waals surface area contributed by atoms with Crippen molar-refractivity contribution in [2.24, 2.45) is 0 Å². The molecule has 0 bridgehead atoms. The highest BCUT2D eigenvalue weighted by Gasteiger charge is 1.91. The Hall–Kier alpha value is -0.0200. The molecule has 0 heterocycles. The second-order valence-corrected chi connectivity index (χ2v) is 2.58. The molecule has 0 aliphatic carbocycles. The van der Waals surface area contributed by atoms with Crippen LogP contribution in [0, 0.1) is 0 Å². The highest BCUT2D eigenvalue weighted by Crippen LogP contribution is 2.00. The normalized spacial score (nSPS) is 9.88. The van der Waals surface area contributed by atoms with Gasteiger partial charge in [-0.1, -0.05) is 6.92 Å². The molecule has 0 atom stereocenters. The topological polar surface area (TPSA) is 20.3 Å². The fourth-order valence-electron chi connectivity index (χ4n) is 0.441. The first-order chi connectivity index (χ1) is 3.81. The highest BCUT2D eigenvalue weighted by atomic mass is 32.2. The van der Waals surface area contributed by atoms with Crippen molar-refractivity contribution < 1.29 is 4.79 Å². The zero-order valence-corrected chi connectivity index (χ0v) is 6.07. The van der Waals surface area contributed by atoms with Crippen LogP contribution in [0.15, 0.2) is 0 Å². The number of hydrogen-bond acceptors (Lipinski definition) is 3. The van der Waals surface area contributed by atoms with Gasteiger partial charge in [-0.3, -0.25) is 4.79 Å². The Bertz CT molecular complexity index is 67.4. The molecule has 0 aromatic rings. The summed E-state index contributed by atoms with van der Waals surface area (Å²) in [7, 11) is 1.91. The van der Waals surface area contributed by atoms with Crippen molar-refractivity contribution in [2.45, 2.75) is 13.3 Å². The van der Waals surface area contributed by atoms with E-state index in [-0.39, 0.29) is 0 Å². The van der Waals surface area contributed by atoms with Gasteiger partial charge >= 0.3 is 0 Å². The van der Waals surface area contributed by atoms with E-state index in [4.69, 9.17) is 0 Å². The summed E-state index contributed by atoms with van der Waals surface area (Å²) in [6.45, 7) is 3.06. The molecule has 0 fully saturated rings. The van der Waals surface area contributed by atoms with Gasteiger partial charge < -0.3 is 0 Å². The van der Waals surface area contributed by atoms with Crippen molar-refractivity contribution in [1.82, 2.24) is 4.31 Å². The summed E-state index contributed by atoms with van der Waals surface area (Å²) in [4.78, 5) is 9.81. The number of carbonyl (C=O) groups is 1. The smallest absolute Gasteiger partial charge is 0.191 e. The Balaban J connectivity index is 3.03. The predicted molar refractivity (Wildman–Crippen MR) is 37.3 cm³/mol. The molecule has 0 aromatic heterocycles. The monoisotopic (exact) mass is 133 g/mol. The van der Waals surface area contributed by atoms with Gasteiger partial charge in [0.15, 0.2) is 5.62 Å². The highest BCUT2D eigenvalue weighted by molar-refractivity contribution is 8.09. The molecule has 3 heteroatoms. The molecule has 0 saturated carbocycles. The van der Waals surface area contributed by atoms with Crippen molar-refractivity contribution >= 4 is 17.6 Å². The molecule has 0 amide bonds. The van der Waals surface area contributed by atoms with E-state index in [1.54, 1.807) is 0 Å². The molecule has 0 unspecified atom stereocenters. The lowest BCUT2D eigenvalue weighted by Gasteiger charge is -2.07. The van der Waals surface area contributed by atoms with E-state index >= 15 is 0 Å². The lowest BCUT2D eigenvalue weighted by atomic mass is 10.5. The molecule has 8 heavy (non-hydrogen) atoms. The minimum atomic E-state index is 0.843. The van der Waals surface area contributed by atoms with Gasteiger partial charge in [0.05, 0.1) is 0 Å². The number of rotatable bonds is 4. The van der Waals surface area contributed by atoms with Gasteiger partial charge in [-0.2, -0.15) is 0 Å². The summed E-state index contributed by atoms with van der Waals surface area (Å²) in [6, 6.07) is 0. The van der Waals surface area contributed by atoms with Crippen molar-refractivity contribution in [3.05, 3.63) is 0 Å². The molecular weight excluding hydrogens is 122 g/mol. The Morgan fingerprint density at radius 3 is 2.75 bits per heavy atom. The molecule has 0 spiro atoms. The van der Waals surface area contributed by atoms with E-state index < -0.39 is 0 Å². The van der Waals surface area contributed by atoms with Crippen LogP contribution >= 0.6 is 11.9 Å². The zero-order chi connectivity index (χ0) is 6.41. The summed E-state index contributed by atoms with van der Waals surface area (Å²) in [5, 5.41) is 0. The van der Waals surface area contributed by atoms with E-state index in [1.165, 1.54) is 11.9 Å². The Morgan fingerprint density at radius 1 is 1.75 bits per heavy atom. The van der Waals surface area contributed by atoms with E-state index in [0.29, 0.717) is 0 Å². The summed E-state index contributed by atoms with van der Waals surface area (Å²) in [5.74, 6) is 0. The third-order valence-electron chi connectivity index (χ3n) is 0.761. The van der Waals surface area contributed by atoms with E-state index in [1.807, 2.05) is 11.4 Å². The van der Waals surface area contributed by atoms with Gasteiger partial charge in [-0.25, -0.2) is 4.31 Å². The molecule has 48 valence electrons. The van der Waals surface area contributed by atoms with Crippen LogP contribution in [-0.4, -0.2) is 23.5 Å². The number of nitrogens with zero attached hydrogens (tertiary/aromatic N) is 1. The predicted octanol–water partition coefficient (Wildman–Crippen LogP) is 1.17. The fraction of sp³-hybridized carbons (Fsp3) is 0.800. The van der Waals surface area contributed by atoms with E-state index in [2.05, 4.69) is 6.92 Å². The third-order valence-corrected chi connectivity index (χ3v) is 1.39. The van der Waals surface area contributed by atoms with Crippen molar-refractivity contribution in [3.63, 3.8) is 0 Å². The van der Waals surface area contributed by atoms with Crippen molar-refractivity contribution in [1.29, 1.82) is 0 Å². The van der Waals surface area contributed by atoms with Gasteiger partial charge in [0.1, 0.15) is 0 Å². The SMILES string of the molecule is CCCN(C)SC=O. The molecular formula is C5H11NOS. The molecule has 0 aromatic carbocycles. The van der Waals surface area contributed by atoms with Gasteiger partial charge in [-0.05, 0) is 25.4 Å². The molecule has 0 N–H and O–H groups in total. The minimum absolute atomic E-state index is 0.843. The van der Waals surface area contributed by atoms with Crippen LogP contribution in [0.4, 0.5) is 0 Å². The average Bonchev–Trinajstić information content (AvgIpc) is 1.68. The van der Waals surface area contributed by atoms with Crippen LogP contribution < -0.4 is 0 Å². The third kappa shape index (κ3) is 4.15. The van der Waals surface area contributed by atoms with Crippen molar-refractivity contribution in [3.8, 4) is 0 Å². The largest absolute Gasteiger partial charge is 0.290 e. The minimum Gasteiger partial charge on any atom is -0.290 e. The zero-order valence-electron chi connectivity index (χ0n) is 5.26. The van der Waals surface area contributed by atoms with Gasteiger partial charge in [0, 0.05) is 6.54 Å². The molecule has 0 aliphatic rings. The maximum Gasteiger partial charge on any atom is 0.191 e. The second-order valence-electron chi connectivity index (χ2n) is 1.55. The molecule has 0 saturated heterocycles. The first-order valence-electron chi connectivity index (χ1n) is 2.62. The Kier molecular flexibility index (Phi) is 5.11. The van der Waals surface area contributed by atoms with Crippen LogP contribution in [-0.2, 0) is 4.79 Å². The lowest BCUT2D eigenvalue weighted by molar-refractivity contribution is 0.550. The van der Waals surface area contributed by atoms with Crippen LogP contribution in [0.5, 0.6) is 0 Å². The maximum absolute atomic E-state index is 9.81. The van der Waals surface area contributed by atoms with E-state index in [9.17, 15) is 4.79 Å². The first kappa shape index (κ1) is 7.98. The molecule has 0 radical (unpaired) electrons. The summed E-state index contributed by atoms with van der Waals surface area (Å²) >= 11 is 1.21. The number of hydrogen-bond donors (Lipinski definition) is 0. The summed E-state index contributed by atoms with van der Waals surface area (Å²) in [5.41, 5.74) is 0.843. The molecule has 0 aliphatic heterocycles. The Morgan fingerprint density at radius 2 is 2.38 bits per heavy atom. The quantitative estimate of drug-likeness (QED) is 0.424. The van der Waals surface area contributed by atoms with Gasteiger partial charge in [0.2, 0.25) is 0 Å². The van der Waals surface area contributed by atoms with Crippen LogP contribution in [0.25, 0.3) is 0 Å². The van der Waals surface area contributed by atoms with Crippen LogP contribution in [0.2, 0.25) is 0 Å². The average molecular weight is 133 g/mol. The standard InChI is InChI=1S/C5H11NOS/c1-3-4-6(2)8-5-7/h5H,3-4H2,1-2H3. The van der Waals surface area contributed by atoms with Gasteiger partial charge in [-0.15, -0.1) is 0 Å². The van der Waals surface area contributed by atoms with Crippen LogP contribution in [0.1, 0.15) is 13.3 Å². The lowest BCUT2D eigenvalue weighted by Crippen LogP contribution is -2.08. The first-order valence-corrected chi connectivity index (χ1v) is 3.46. The van der Waals surface area contributed by atoms with Crippen LogP contribution in [0.3, 0.4) is 0 Å². The Labute approximate surface area is 54.4 Å². The number of carbonyl (C=O) groups excluding carboxylic acids is 1. The second kappa shape index (κ2) is 5.12. The molecule has 0 rings (SSSR count). The van der Waals surface area contributed by atoms with Gasteiger partial charge in [0.25, 0.3) is 0 Å². The van der Waals surface area contributed by atoms with Crippen molar-refractivity contribution in [2.75, 3.05) is 13.6 Å².